The number of fused-ring (bicyclic) bond motifs is 9. The van der Waals surface area contributed by atoms with E-state index in [1.165, 1.54) is 16.2 Å². The molecule has 42 heavy (non-hydrogen) atoms. The highest BCUT2D eigenvalue weighted by Gasteiger charge is 2.69. The SMILES string of the molecule is CCOC(=O)COc1ccc(Br)cc1[C@H]1c2sc(=O)[nH]c2SC2C3CC(C4C(=O)N(c5ccc(OC)cc5)C(=O)C34)C21. The molecule has 218 valence electrons. The first-order chi connectivity index (χ1) is 20.3. The van der Waals surface area contributed by atoms with E-state index >= 15 is 0 Å². The lowest BCUT2D eigenvalue weighted by atomic mass is 9.68. The van der Waals surface area contributed by atoms with Crippen molar-refractivity contribution in [1.82, 2.24) is 4.98 Å². The summed E-state index contributed by atoms with van der Waals surface area (Å²) in [5.41, 5.74) is 1.39. The molecule has 2 saturated carbocycles. The van der Waals surface area contributed by atoms with Crippen molar-refractivity contribution in [3.8, 4) is 11.5 Å². The highest BCUT2D eigenvalue weighted by Crippen LogP contribution is 2.69. The van der Waals surface area contributed by atoms with Gasteiger partial charge in [-0.25, -0.2) is 4.79 Å². The van der Waals surface area contributed by atoms with E-state index in [-0.39, 0.29) is 58.8 Å². The molecule has 4 aliphatic rings. The minimum absolute atomic E-state index is 0.00740. The summed E-state index contributed by atoms with van der Waals surface area (Å²) in [6.07, 6.45) is 0.772. The molecule has 12 heteroatoms. The lowest BCUT2D eigenvalue weighted by molar-refractivity contribution is -0.145. The molecule has 2 bridgehead atoms. The lowest BCUT2D eigenvalue weighted by Gasteiger charge is -2.43. The molecule has 1 saturated heterocycles. The Morgan fingerprint density at radius 3 is 2.52 bits per heavy atom. The van der Waals surface area contributed by atoms with Crippen LogP contribution >= 0.6 is 39.0 Å². The van der Waals surface area contributed by atoms with Crippen molar-refractivity contribution in [2.45, 2.75) is 29.5 Å². The summed E-state index contributed by atoms with van der Waals surface area (Å²) >= 11 is 6.40. The van der Waals surface area contributed by atoms with Gasteiger partial charge in [-0.1, -0.05) is 27.3 Å². The molecule has 3 fully saturated rings. The van der Waals surface area contributed by atoms with E-state index in [1.54, 1.807) is 50.1 Å². The van der Waals surface area contributed by atoms with Crippen LogP contribution in [0.3, 0.4) is 0 Å². The van der Waals surface area contributed by atoms with Gasteiger partial charge in [-0.05, 0) is 73.6 Å². The maximum Gasteiger partial charge on any atom is 0.344 e. The summed E-state index contributed by atoms with van der Waals surface area (Å²) in [4.78, 5) is 57.8. The Kier molecular flexibility index (Phi) is 6.98. The topological polar surface area (TPSA) is 115 Å². The van der Waals surface area contributed by atoms with Crippen LogP contribution in [0.5, 0.6) is 11.5 Å². The number of amides is 2. The number of nitrogens with one attached hydrogen (secondary N) is 1. The van der Waals surface area contributed by atoms with E-state index < -0.39 is 17.8 Å². The Balaban J connectivity index is 1.29. The maximum atomic E-state index is 14.0. The number of thiazole rings is 1. The molecule has 3 aromatic rings. The van der Waals surface area contributed by atoms with Gasteiger partial charge in [-0.15, -0.1) is 11.8 Å². The number of anilines is 1. The van der Waals surface area contributed by atoms with Crippen LogP contribution in [0.1, 0.15) is 29.7 Å². The number of methoxy groups -OCH3 is 1. The van der Waals surface area contributed by atoms with E-state index in [2.05, 4.69) is 20.9 Å². The standard InChI is InChI=1S/C30H27BrN2O7S2/c1-3-39-20(34)12-40-19-9-4-13(31)10-16(19)21-22-17-11-18(25(22)41-27-26(21)42-30(37)32-27)24-23(17)28(35)33(29(24)36)14-5-7-15(38-2)8-6-14/h4-10,17-18,21-25H,3,11-12H2,1-2H3,(H,32,37)/t17?,18?,21-,22?,23?,24?,25?/m1/s1. The highest BCUT2D eigenvalue weighted by molar-refractivity contribution is 9.10. The van der Waals surface area contributed by atoms with E-state index in [9.17, 15) is 19.2 Å². The number of hydrogen-bond donors (Lipinski definition) is 1. The number of aromatic nitrogens is 1. The molecule has 1 aromatic heterocycles. The van der Waals surface area contributed by atoms with Crippen LogP contribution in [-0.4, -0.2) is 48.3 Å². The molecular weight excluding hydrogens is 644 g/mol. The molecule has 2 aromatic carbocycles. The number of ether oxygens (including phenoxy) is 3. The number of H-pyrrole nitrogens is 1. The molecule has 7 rings (SSSR count). The molecule has 1 N–H and O–H groups in total. The average Bonchev–Trinajstić information content (AvgIpc) is 3.71. The number of hydrogen-bond acceptors (Lipinski definition) is 9. The largest absolute Gasteiger partial charge is 0.497 e. The Morgan fingerprint density at radius 2 is 1.81 bits per heavy atom. The zero-order valence-electron chi connectivity index (χ0n) is 22.7. The Bertz CT molecular complexity index is 1650. The number of esters is 1. The third kappa shape index (κ3) is 4.24. The number of halogens is 1. The van der Waals surface area contributed by atoms with Crippen LogP contribution < -0.4 is 19.2 Å². The predicted molar refractivity (Wildman–Crippen MR) is 160 cm³/mol. The first kappa shape index (κ1) is 27.7. The molecule has 2 aliphatic carbocycles. The second-order valence-corrected chi connectivity index (χ2v) is 14.1. The highest BCUT2D eigenvalue weighted by atomic mass is 79.9. The molecule has 7 atom stereocenters. The number of carbonyl (C=O) groups excluding carboxylic acids is 3. The van der Waals surface area contributed by atoms with Crippen molar-refractivity contribution >= 4 is 62.5 Å². The van der Waals surface area contributed by atoms with E-state index in [4.69, 9.17) is 14.2 Å². The van der Waals surface area contributed by atoms with Gasteiger partial charge in [0.2, 0.25) is 11.8 Å². The summed E-state index contributed by atoms with van der Waals surface area (Å²) in [5.74, 6) is -0.739. The van der Waals surface area contributed by atoms with E-state index in [0.29, 0.717) is 17.2 Å². The van der Waals surface area contributed by atoms with Crippen LogP contribution in [0.15, 0.2) is 56.8 Å². The van der Waals surface area contributed by atoms with Crippen LogP contribution in [0, 0.1) is 29.6 Å². The van der Waals surface area contributed by atoms with Gasteiger partial charge in [-0.3, -0.25) is 19.3 Å². The van der Waals surface area contributed by atoms with E-state index in [1.807, 2.05) is 18.2 Å². The second kappa shape index (κ2) is 10.6. The number of rotatable bonds is 7. The third-order valence-corrected chi connectivity index (χ3v) is 12.1. The molecule has 3 heterocycles. The summed E-state index contributed by atoms with van der Waals surface area (Å²) < 4.78 is 17.2. The molecule has 2 amide bonds. The van der Waals surface area contributed by atoms with Crippen molar-refractivity contribution in [2.75, 3.05) is 25.2 Å². The molecule has 2 aliphatic heterocycles. The van der Waals surface area contributed by atoms with E-state index in [0.717, 1.165) is 26.4 Å². The minimum atomic E-state index is -0.466. The van der Waals surface area contributed by atoms with Gasteiger partial charge in [0.25, 0.3) is 0 Å². The lowest BCUT2D eigenvalue weighted by Crippen LogP contribution is -2.42. The minimum Gasteiger partial charge on any atom is -0.497 e. The smallest absolute Gasteiger partial charge is 0.344 e. The average molecular weight is 672 g/mol. The zero-order valence-corrected chi connectivity index (χ0v) is 25.9. The van der Waals surface area contributed by atoms with Gasteiger partial charge in [0.15, 0.2) is 6.61 Å². The first-order valence-corrected chi connectivity index (χ1v) is 16.3. The van der Waals surface area contributed by atoms with Crippen LogP contribution in [0.25, 0.3) is 0 Å². The summed E-state index contributed by atoms with van der Waals surface area (Å²) in [6, 6.07) is 12.6. The molecule has 0 spiro atoms. The second-order valence-electron chi connectivity index (χ2n) is 10.9. The number of carbonyl (C=O) groups is 3. The fourth-order valence-corrected chi connectivity index (χ4v) is 10.8. The molecule has 6 unspecified atom stereocenters. The third-order valence-electron chi connectivity index (χ3n) is 9.01. The number of benzene rings is 2. The first-order valence-electron chi connectivity index (χ1n) is 13.8. The summed E-state index contributed by atoms with van der Waals surface area (Å²) in [5, 5.41) is 0.837. The van der Waals surface area contributed by atoms with Gasteiger partial charge in [0.05, 0.1) is 36.3 Å². The molecule has 9 nitrogen and oxygen atoms in total. The van der Waals surface area contributed by atoms with Crippen molar-refractivity contribution in [3.05, 3.63) is 67.0 Å². The Labute approximate surface area is 258 Å². The van der Waals surface area contributed by atoms with Gasteiger partial charge < -0.3 is 19.2 Å². The van der Waals surface area contributed by atoms with Crippen LogP contribution in [0.2, 0.25) is 0 Å². The fourth-order valence-electron chi connectivity index (χ4n) is 7.58. The Hall–Kier alpha value is -3.09. The van der Waals surface area contributed by atoms with Crippen LogP contribution in [-0.2, 0) is 19.1 Å². The van der Waals surface area contributed by atoms with Gasteiger partial charge >= 0.3 is 10.8 Å². The van der Waals surface area contributed by atoms with Gasteiger partial charge in [0, 0.05) is 26.1 Å². The number of nitrogens with zero attached hydrogens (tertiary/aromatic N) is 1. The Morgan fingerprint density at radius 1 is 1.07 bits per heavy atom. The van der Waals surface area contributed by atoms with Crippen LogP contribution in [0.4, 0.5) is 5.69 Å². The fraction of sp³-hybridized carbons (Fsp3) is 0.400. The van der Waals surface area contributed by atoms with Crippen molar-refractivity contribution in [3.63, 3.8) is 0 Å². The predicted octanol–water partition coefficient (Wildman–Crippen LogP) is 4.83. The summed E-state index contributed by atoms with van der Waals surface area (Å²) in [7, 11) is 1.57. The van der Waals surface area contributed by atoms with Crippen molar-refractivity contribution in [2.24, 2.45) is 29.6 Å². The number of imide groups is 1. The van der Waals surface area contributed by atoms with Crippen molar-refractivity contribution in [1.29, 1.82) is 0 Å². The maximum absolute atomic E-state index is 14.0. The quantitative estimate of drug-likeness (QED) is 0.281. The monoisotopic (exact) mass is 670 g/mol. The summed E-state index contributed by atoms with van der Waals surface area (Å²) in [6.45, 7) is 1.76. The normalized spacial score (nSPS) is 28.8. The zero-order chi connectivity index (χ0) is 29.3. The number of thioether (sulfide) groups is 1. The molecular formula is C30H27BrN2O7S2. The van der Waals surface area contributed by atoms with Gasteiger partial charge in [0.1, 0.15) is 11.5 Å². The number of aromatic amines is 1. The van der Waals surface area contributed by atoms with Gasteiger partial charge in [-0.2, -0.15) is 0 Å². The van der Waals surface area contributed by atoms with Crippen molar-refractivity contribution < 1.29 is 28.6 Å². The molecule has 0 radical (unpaired) electrons.